The van der Waals surface area contributed by atoms with Crippen LogP contribution in [0.2, 0.25) is 0 Å². The van der Waals surface area contributed by atoms with Crippen LogP contribution in [0.15, 0.2) is 18.2 Å². The van der Waals surface area contributed by atoms with Crippen LogP contribution in [0.25, 0.3) is 0 Å². The van der Waals surface area contributed by atoms with Crippen LogP contribution in [0.3, 0.4) is 0 Å². The molecule has 9 atom stereocenters. The van der Waals surface area contributed by atoms with E-state index in [4.69, 9.17) is 14.2 Å². The molecule has 0 aliphatic carbocycles. The fraction of sp³-hybridized carbons (Fsp3) is 0.732. The van der Waals surface area contributed by atoms with E-state index in [-0.39, 0.29) is 66.9 Å². The zero-order chi connectivity index (χ0) is 41.9. The number of aryl methyl sites for hydroxylation is 1. The van der Waals surface area contributed by atoms with Gasteiger partial charge in [-0.1, -0.05) is 54.9 Å². The minimum absolute atomic E-state index is 0.0240. The van der Waals surface area contributed by atoms with Gasteiger partial charge in [0.25, 0.3) is 0 Å². The first-order chi connectivity index (χ1) is 25.7. The first-order valence-electron chi connectivity index (χ1n) is 19.4. The molecule has 1 fully saturated rings. The molecule has 14 heteroatoms. The van der Waals surface area contributed by atoms with E-state index in [1.54, 1.807) is 37.8 Å². The number of carbonyl (C=O) groups excluding carboxylic acids is 5. The highest BCUT2D eigenvalue weighted by atomic mass is 19.1. The summed E-state index contributed by atoms with van der Waals surface area (Å²) in [6.07, 6.45) is -0.702. The van der Waals surface area contributed by atoms with Crippen LogP contribution < -0.4 is 10.6 Å². The molecular weight excluding hydrogens is 709 g/mol. The number of halogens is 1. The summed E-state index contributed by atoms with van der Waals surface area (Å²) in [4.78, 5) is 73.4. The topological polar surface area (TPSA) is 147 Å². The standard InChI is InChI=1S/C41H68FN5O8/c1-15-25(6)37(46(11)41(52)35(23(2)3)44-40(51)36(24(4)5)45(9)10)33(54-13)20-34(49)47-22-29(53-12)19-31(47)38(55-14)27(8)39(50)43-21-32(48)30-17-16-28(42)18-26(30)7/h16-18,23-25,27,29,31,33,35-38H,15,19-22H2,1-14H3,(H,43,50)(H,44,51)/t25-,27+,29+,31?,33+,35-,36-,37-,38+/m0/s1. The minimum atomic E-state index is -0.797. The Hall–Kier alpha value is -3.46. The van der Waals surface area contributed by atoms with Crippen LogP contribution in [0.1, 0.15) is 83.7 Å². The Labute approximate surface area is 328 Å². The van der Waals surface area contributed by atoms with Crippen molar-refractivity contribution >= 4 is 29.4 Å². The lowest BCUT2D eigenvalue weighted by Gasteiger charge is -2.41. The van der Waals surface area contributed by atoms with Crippen LogP contribution in [0.5, 0.6) is 0 Å². The molecule has 0 radical (unpaired) electrons. The highest BCUT2D eigenvalue weighted by Crippen LogP contribution is 2.31. The summed E-state index contributed by atoms with van der Waals surface area (Å²) in [6, 6.07) is 1.60. The van der Waals surface area contributed by atoms with Crippen LogP contribution in [-0.4, -0.2) is 142 Å². The molecular formula is C41H68FN5O8. The number of rotatable bonds is 21. The largest absolute Gasteiger partial charge is 0.380 e. The Kier molecular flexibility index (Phi) is 18.8. The Morgan fingerprint density at radius 1 is 0.945 bits per heavy atom. The van der Waals surface area contributed by atoms with E-state index in [2.05, 4.69) is 10.6 Å². The third-order valence-corrected chi connectivity index (χ3v) is 11.2. The van der Waals surface area contributed by atoms with Gasteiger partial charge in [-0.15, -0.1) is 0 Å². The smallest absolute Gasteiger partial charge is 0.245 e. The van der Waals surface area contributed by atoms with E-state index in [1.165, 1.54) is 32.4 Å². The summed E-state index contributed by atoms with van der Waals surface area (Å²) in [5, 5.41) is 5.71. The average Bonchev–Trinajstić information content (AvgIpc) is 3.55. The molecule has 2 rings (SSSR count). The SMILES string of the molecule is CC[C@H](C)[C@@H]([C@@H](CC(=O)N1C[C@H](OC)CC1[C@H](OC)[C@@H](C)C(=O)NCC(=O)c1ccc(F)cc1C)OC)N(C)C(=O)[C@@H](NC(=O)[C@H](C(C)C)N(C)C)C(C)C. The van der Waals surface area contributed by atoms with Gasteiger partial charge in [0.15, 0.2) is 5.78 Å². The van der Waals surface area contributed by atoms with Crippen molar-refractivity contribution in [3.63, 3.8) is 0 Å². The number of nitrogens with zero attached hydrogens (tertiary/aromatic N) is 3. The number of amides is 4. The molecule has 1 saturated heterocycles. The third kappa shape index (κ3) is 12.3. The van der Waals surface area contributed by atoms with Gasteiger partial charge in [0, 0.05) is 40.5 Å². The van der Waals surface area contributed by atoms with Crippen molar-refractivity contribution in [1.29, 1.82) is 0 Å². The molecule has 4 amide bonds. The van der Waals surface area contributed by atoms with Gasteiger partial charge >= 0.3 is 0 Å². The van der Waals surface area contributed by atoms with Crippen molar-refractivity contribution in [2.45, 2.75) is 117 Å². The molecule has 312 valence electrons. The molecule has 1 aromatic rings. The van der Waals surface area contributed by atoms with E-state index < -0.39 is 54.0 Å². The number of hydrogen-bond acceptors (Lipinski definition) is 9. The number of ketones is 1. The second kappa shape index (κ2) is 21.7. The maximum absolute atomic E-state index is 14.3. The average molecular weight is 778 g/mol. The maximum Gasteiger partial charge on any atom is 0.245 e. The van der Waals surface area contributed by atoms with Gasteiger partial charge in [0.05, 0.1) is 55.3 Å². The molecule has 1 heterocycles. The van der Waals surface area contributed by atoms with Gasteiger partial charge in [-0.25, -0.2) is 4.39 Å². The summed E-state index contributed by atoms with van der Waals surface area (Å²) >= 11 is 0. The van der Waals surface area contributed by atoms with Crippen LogP contribution in [0, 0.1) is 36.4 Å². The predicted octanol–water partition coefficient (Wildman–Crippen LogP) is 3.71. The second-order valence-corrected chi connectivity index (χ2v) is 16.0. The first kappa shape index (κ1) is 47.7. The van der Waals surface area contributed by atoms with Gasteiger partial charge in [-0.2, -0.15) is 0 Å². The summed E-state index contributed by atoms with van der Waals surface area (Å²) in [5.41, 5.74) is 0.789. The highest BCUT2D eigenvalue weighted by molar-refractivity contribution is 6.00. The van der Waals surface area contributed by atoms with Crippen molar-refractivity contribution in [2.75, 3.05) is 55.6 Å². The quantitative estimate of drug-likeness (QED) is 0.179. The normalized spacial score (nSPS) is 19.8. The van der Waals surface area contributed by atoms with E-state index in [0.29, 0.717) is 24.0 Å². The Balaban J connectivity index is 2.31. The van der Waals surface area contributed by atoms with Gasteiger partial charge in [-0.3, -0.25) is 28.9 Å². The number of hydrogen-bond donors (Lipinski definition) is 2. The van der Waals surface area contributed by atoms with Crippen molar-refractivity contribution in [2.24, 2.45) is 23.7 Å². The maximum atomic E-state index is 14.3. The molecule has 1 unspecified atom stereocenters. The summed E-state index contributed by atoms with van der Waals surface area (Å²) in [7, 11) is 9.95. The van der Waals surface area contributed by atoms with E-state index in [1.807, 2.05) is 60.5 Å². The number of likely N-dealkylation sites (tertiary alicyclic amines) is 1. The minimum Gasteiger partial charge on any atom is -0.380 e. The lowest BCUT2D eigenvalue weighted by molar-refractivity contribution is -0.148. The van der Waals surface area contributed by atoms with Crippen molar-refractivity contribution in [3.05, 3.63) is 35.1 Å². The number of ether oxygens (including phenoxy) is 3. The number of nitrogens with one attached hydrogen (secondary N) is 2. The molecule has 13 nitrogen and oxygen atoms in total. The molecule has 55 heavy (non-hydrogen) atoms. The number of Topliss-reactive ketones (excluding diaryl/α,β-unsaturated/α-hetero) is 1. The molecule has 0 aromatic heterocycles. The van der Waals surface area contributed by atoms with Gasteiger partial charge < -0.3 is 34.6 Å². The molecule has 0 bridgehead atoms. The zero-order valence-corrected chi connectivity index (χ0v) is 35.6. The van der Waals surface area contributed by atoms with Gasteiger partial charge in [0.2, 0.25) is 23.6 Å². The Morgan fingerprint density at radius 3 is 2.07 bits per heavy atom. The number of methoxy groups -OCH3 is 3. The number of likely N-dealkylation sites (N-methyl/N-ethyl adjacent to an activating group) is 2. The van der Waals surface area contributed by atoms with E-state index >= 15 is 0 Å². The highest BCUT2D eigenvalue weighted by Gasteiger charge is 2.45. The van der Waals surface area contributed by atoms with Crippen molar-refractivity contribution < 1.29 is 42.6 Å². The Bertz CT molecular complexity index is 1450. The molecule has 1 aliphatic rings. The number of benzene rings is 1. The molecule has 0 saturated carbocycles. The molecule has 1 aromatic carbocycles. The van der Waals surface area contributed by atoms with E-state index in [9.17, 15) is 28.4 Å². The van der Waals surface area contributed by atoms with Crippen LogP contribution in [-0.2, 0) is 33.4 Å². The fourth-order valence-electron chi connectivity index (χ4n) is 7.93. The first-order valence-corrected chi connectivity index (χ1v) is 19.4. The lowest BCUT2D eigenvalue weighted by atomic mass is 9.89. The monoisotopic (exact) mass is 778 g/mol. The van der Waals surface area contributed by atoms with Gasteiger partial charge in [-0.05, 0) is 69.0 Å². The summed E-state index contributed by atoms with van der Waals surface area (Å²) in [6.45, 7) is 15.0. The second-order valence-electron chi connectivity index (χ2n) is 16.0. The van der Waals surface area contributed by atoms with Crippen molar-refractivity contribution in [1.82, 2.24) is 25.3 Å². The predicted molar refractivity (Wildman–Crippen MR) is 210 cm³/mol. The van der Waals surface area contributed by atoms with Crippen molar-refractivity contribution in [3.8, 4) is 0 Å². The number of carbonyl (C=O) groups is 5. The third-order valence-electron chi connectivity index (χ3n) is 11.2. The zero-order valence-electron chi connectivity index (χ0n) is 35.6. The van der Waals surface area contributed by atoms with Crippen LogP contribution >= 0.6 is 0 Å². The molecule has 1 aliphatic heterocycles. The van der Waals surface area contributed by atoms with Crippen LogP contribution in [0.4, 0.5) is 4.39 Å². The fourth-order valence-corrected chi connectivity index (χ4v) is 7.93. The van der Waals surface area contributed by atoms with Gasteiger partial charge in [0.1, 0.15) is 11.9 Å². The summed E-state index contributed by atoms with van der Waals surface area (Å²) < 4.78 is 31.2. The lowest BCUT2D eigenvalue weighted by Crippen LogP contribution is -2.59. The Morgan fingerprint density at radius 2 is 1.58 bits per heavy atom. The molecule has 2 N–H and O–H groups in total. The summed E-state index contributed by atoms with van der Waals surface area (Å²) in [5.74, 6) is -3.00. The van der Waals surface area contributed by atoms with E-state index in [0.717, 1.165) is 0 Å². The molecule has 0 spiro atoms.